The summed E-state index contributed by atoms with van der Waals surface area (Å²) in [5, 5.41) is 7.83. The summed E-state index contributed by atoms with van der Waals surface area (Å²) in [5.74, 6) is 2.19. The van der Waals surface area contributed by atoms with Crippen LogP contribution >= 0.6 is 0 Å². The number of hydrogen-bond acceptors (Lipinski definition) is 7. The predicted octanol–water partition coefficient (Wildman–Crippen LogP) is 3.71. The van der Waals surface area contributed by atoms with Crippen molar-refractivity contribution in [2.75, 3.05) is 7.11 Å². The molecule has 134 valence electrons. The first-order valence-electron chi connectivity index (χ1n) is 7.94. The van der Waals surface area contributed by atoms with Crippen LogP contribution < -0.4 is 4.74 Å². The molecule has 0 N–H and O–H groups in total. The Labute approximate surface area is 150 Å². The van der Waals surface area contributed by atoms with Gasteiger partial charge in [0, 0.05) is 6.08 Å². The number of hydrogen-bond donors (Lipinski definition) is 0. The summed E-state index contributed by atoms with van der Waals surface area (Å²) in [4.78, 5) is 11.8. The van der Waals surface area contributed by atoms with Crippen molar-refractivity contribution in [3.05, 3.63) is 59.4 Å². The Morgan fingerprint density at radius 1 is 1.19 bits per heavy atom. The molecule has 2 aromatic heterocycles. The number of rotatable bonds is 6. The van der Waals surface area contributed by atoms with E-state index in [-0.39, 0.29) is 12.5 Å². The number of aromatic nitrogens is 2. The number of methoxy groups -OCH3 is 1. The third-order valence-corrected chi connectivity index (χ3v) is 3.58. The average molecular weight is 354 g/mol. The van der Waals surface area contributed by atoms with Crippen LogP contribution in [0.1, 0.15) is 23.0 Å². The molecule has 0 unspecified atom stereocenters. The molecule has 0 saturated carbocycles. The molecule has 0 radical (unpaired) electrons. The van der Waals surface area contributed by atoms with Crippen molar-refractivity contribution in [2.45, 2.75) is 20.5 Å². The average Bonchev–Trinajstić information content (AvgIpc) is 3.24. The van der Waals surface area contributed by atoms with E-state index < -0.39 is 5.97 Å². The van der Waals surface area contributed by atoms with E-state index in [9.17, 15) is 4.79 Å². The molecule has 7 nitrogen and oxygen atoms in total. The smallest absolute Gasteiger partial charge is 0.331 e. The maximum Gasteiger partial charge on any atom is 0.331 e. The van der Waals surface area contributed by atoms with Crippen molar-refractivity contribution >= 4 is 12.0 Å². The van der Waals surface area contributed by atoms with Gasteiger partial charge in [-0.3, -0.25) is 0 Å². The Morgan fingerprint density at radius 3 is 2.77 bits per heavy atom. The maximum absolute atomic E-state index is 11.8. The van der Waals surface area contributed by atoms with Crippen molar-refractivity contribution < 1.29 is 23.1 Å². The number of aryl methyl sites for hydroxylation is 2. The first kappa shape index (κ1) is 17.5. The van der Waals surface area contributed by atoms with Crippen LogP contribution in [-0.4, -0.2) is 23.3 Å². The SMILES string of the molecule is COc1cccc(/C=C/C(=O)OCc2nnc(-c3cc(C)oc3C)o2)c1. The van der Waals surface area contributed by atoms with E-state index in [4.69, 9.17) is 18.3 Å². The quantitative estimate of drug-likeness (QED) is 0.492. The summed E-state index contributed by atoms with van der Waals surface area (Å²) in [6.07, 6.45) is 2.97. The molecule has 0 bridgehead atoms. The summed E-state index contributed by atoms with van der Waals surface area (Å²) in [6.45, 7) is 3.55. The van der Waals surface area contributed by atoms with Gasteiger partial charge in [-0.25, -0.2) is 4.79 Å². The fourth-order valence-corrected chi connectivity index (χ4v) is 2.35. The largest absolute Gasteiger partial charge is 0.497 e. The number of nitrogens with zero attached hydrogens (tertiary/aromatic N) is 2. The fourth-order valence-electron chi connectivity index (χ4n) is 2.35. The summed E-state index contributed by atoms with van der Waals surface area (Å²) >= 11 is 0. The van der Waals surface area contributed by atoms with Crippen molar-refractivity contribution in [1.29, 1.82) is 0 Å². The molecule has 0 fully saturated rings. The van der Waals surface area contributed by atoms with Gasteiger partial charge in [0.15, 0.2) is 6.61 Å². The minimum Gasteiger partial charge on any atom is -0.497 e. The number of carbonyl (C=O) groups excluding carboxylic acids is 1. The first-order chi connectivity index (χ1) is 12.5. The van der Waals surface area contributed by atoms with Gasteiger partial charge in [-0.2, -0.15) is 0 Å². The van der Waals surface area contributed by atoms with E-state index in [2.05, 4.69) is 10.2 Å². The van der Waals surface area contributed by atoms with E-state index in [1.54, 1.807) is 13.2 Å². The van der Waals surface area contributed by atoms with Crippen molar-refractivity contribution in [2.24, 2.45) is 0 Å². The van der Waals surface area contributed by atoms with Crippen LogP contribution in [0, 0.1) is 13.8 Å². The zero-order valence-corrected chi connectivity index (χ0v) is 14.7. The zero-order valence-electron chi connectivity index (χ0n) is 14.7. The number of ether oxygens (including phenoxy) is 2. The highest BCUT2D eigenvalue weighted by molar-refractivity contribution is 5.87. The Bertz CT molecular complexity index is 939. The predicted molar refractivity (Wildman–Crippen MR) is 93.3 cm³/mol. The third kappa shape index (κ3) is 4.18. The second-order valence-corrected chi connectivity index (χ2v) is 5.55. The van der Waals surface area contributed by atoms with Gasteiger partial charge in [0.1, 0.15) is 17.3 Å². The molecule has 26 heavy (non-hydrogen) atoms. The van der Waals surface area contributed by atoms with Gasteiger partial charge in [0.25, 0.3) is 11.8 Å². The van der Waals surface area contributed by atoms with Gasteiger partial charge in [-0.15, -0.1) is 10.2 Å². The molecule has 1 aromatic carbocycles. The molecule has 0 aliphatic carbocycles. The lowest BCUT2D eigenvalue weighted by atomic mass is 10.2. The standard InChI is InChI=1S/C19H18N2O5/c1-12-9-16(13(2)25-12)19-21-20-17(26-19)11-24-18(22)8-7-14-5-4-6-15(10-14)23-3/h4-10H,11H2,1-3H3/b8-7+. The molecule has 2 heterocycles. The minimum absolute atomic E-state index is 0.107. The number of benzene rings is 1. The van der Waals surface area contributed by atoms with Crippen LogP contribution in [0.15, 0.2) is 45.2 Å². The van der Waals surface area contributed by atoms with Gasteiger partial charge in [0.05, 0.1) is 12.7 Å². The Hall–Kier alpha value is -3.35. The molecule has 3 aromatic rings. The molecular formula is C19H18N2O5. The van der Waals surface area contributed by atoms with Crippen molar-refractivity contribution in [3.8, 4) is 17.2 Å². The van der Waals surface area contributed by atoms with Gasteiger partial charge in [0.2, 0.25) is 0 Å². The Kier molecular flexibility index (Phi) is 5.17. The molecule has 0 spiro atoms. The molecule has 0 atom stereocenters. The Morgan fingerprint density at radius 2 is 2.04 bits per heavy atom. The van der Waals surface area contributed by atoms with Crippen LogP contribution in [0.4, 0.5) is 0 Å². The van der Waals surface area contributed by atoms with Crippen LogP contribution in [0.3, 0.4) is 0 Å². The van der Waals surface area contributed by atoms with E-state index in [0.29, 0.717) is 17.4 Å². The first-order valence-corrected chi connectivity index (χ1v) is 7.94. The number of furan rings is 1. The fraction of sp³-hybridized carbons (Fsp3) is 0.211. The van der Waals surface area contributed by atoms with E-state index in [1.807, 2.05) is 44.2 Å². The minimum atomic E-state index is -0.511. The van der Waals surface area contributed by atoms with Crippen molar-refractivity contribution in [3.63, 3.8) is 0 Å². The van der Waals surface area contributed by atoms with Crippen LogP contribution in [0.2, 0.25) is 0 Å². The third-order valence-electron chi connectivity index (χ3n) is 3.58. The highest BCUT2D eigenvalue weighted by Crippen LogP contribution is 2.25. The molecule has 0 saturated heterocycles. The lowest BCUT2D eigenvalue weighted by molar-refractivity contribution is -0.139. The van der Waals surface area contributed by atoms with E-state index in [1.165, 1.54) is 6.08 Å². The molecule has 7 heteroatoms. The lowest BCUT2D eigenvalue weighted by Gasteiger charge is -2.00. The normalized spacial score (nSPS) is 11.0. The summed E-state index contributed by atoms with van der Waals surface area (Å²) in [5.41, 5.74) is 1.55. The maximum atomic E-state index is 11.8. The second-order valence-electron chi connectivity index (χ2n) is 5.55. The lowest BCUT2D eigenvalue weighted by Crippen LogP contribution is -2.00. The number of esters is 1. The van der Waals surface area contributed by atoms with Gasteiger partial charge >= 0.3 is 5.97 Å². The molecule has 0 amide bonds. The molecule has 3 rings (SSSR count). The van der Waals surface area contributed by atoms with Crippen molar-refractivity contribution in [1.82, 2.24) is 10.2 Å². The second kappa shape index (κ2) is 7.69. The highest BCUT2D eigenvalue weighted by Gasteiger charge is 2.15. The van der Waals surface area contributed by atoms with Gasteiger partial charge in [-0.1, -0.05) is 12.1 Å². The Balaban J connectivity index is 1.58. The van der Waals surface area contributed by atoms with Crippen LogP contribution in [-0.2, 0) is 16.1 Å². The zero-order chi connectivity index (χ0) is 18.5. The number of carbonyl (C=O) groups is 1. The van der Waals surface area contributed by atoms with Crippen LogP contribution in [0.5, 0.6) is 5.75 Å². The van der Waals surface area contributed by atoms with Gasteiger partial charge < -0.3 is 18.3 Å². The van der Waals surface area contributed by atoms with E-state index in [0.717, 1.165) is 16.9 Å². The molecular weight excluding hydrogens is 336 g/mol. The summed E-state index contributed by atoms with van der Waals surface area (Å²) < 4.78 is 21.2. The molecule has 0 aliphatic heterocycles. The molecule has 0 aliphatic rings. The van der Waals surface area contributed by atoms with E-state index >= 15 is 0 Å². The van der Waals surface area contributed by atoms with Crippen LogP contribution in [0.25, 0.3) is 17.5 Å². The highest BCUT2D eigenvalue weighted by atomic mass is 16.5. The van der Waals surface area contributed by atoms with Gasteiger partial charge in [-0.05, 0) is 43.7 Å². The summed E-state index contributed by atoms with van der Waals surface area (Å²) in [7, 11) is 1.59. The monoisotopic (exact) mass is 354 g/mol. The topological polar surface area (TPSA) is 87.6 Å². The summed E-state index contributed by atoms with van der Waals surface area (Å²) in [6, 6.07) is 9.14.